The quantitative estimate of drug-likeness (QED) is 0.441. The number of halogens is 1. The molecule has 2 N–H and O–H groups in total. The van der Waals surface area contributed by atoms with Gasteiger partial charge in [0.1, 0.15) is 11.4 Å². The van der Waals surface area contributed by atoms with E-state index in [1.165, 1.54) is 25.3 Å². The van der Waals surface area contributed by atoms with Gasteiger partial charge < -0.3 is 19.8 Å². The highest BCUT2D eigenvalue weighted by molar-refractivity contribution is 6.31. The summed E-state index contributed by atoms with van der Waals surface area (Å²) < 4.78 is 10.7. The molecular weight excluding hydrogens is 396 g/mol. The zero-order valence-corrected chi connectivity index (χ0v) is 16.2. The number of carbonyl (C=O) groups excluding carboxylic acids is 3. The summed E-state index contributed by atoms with van der Waals surface area (Å²) in [7, 11) is 0. The van der Waals surface area contributed by atoms with Gasteiger partial charge in [0, 0.05) is 16.8 Å². The molecule has 0 spiro atoms. The van der Waals surface area contributed by atoms with Crippen molar-refractivity contribution in [3.8, 4) is 11.5 Å². The Morgan fingerprint density at radius 2 is 1.83 bits per heavy atom. The molecule has 0 fully saturated rings. The number of esters is 1. The SMILES string of the molecule is CC(=O)c1c[nH]c(C(=O)OCC(=O)Nc2cc(Cl)ccc2Oc2ccccc2)c1. The molecule has 0 saturated carbocycles. The largest absolute Gasteiger partial charge is 0.455 e. The first-order valence-corrected chi connectivity index (χ1v) is 8.99. The molecular formula is C21H17ClN2O5. The van der Waals surface area contributed by atoms with Crippen LogP contribution >= 0.6 is 11.6 Å². The topological polar surface area (TPSA) is 97.5 Å². The van der Waals surface area contributed by atoms with E-state index >= 15 is 0 Å². The first kappa shape index (κ1) is 20.2. The summed E-state index contributed by atoms with van der Waals surface area (Å²) in [5, 5.41) is 3.02. The average molecular weight is 413 g/mol. The Morgan fingerprint density at radius 3 is 2.52 bits per heavy atom. The number of amides is 1. The van der Waals surface area contributed by atoms with Gasteiger partial charge in [-0.05, 0) is 43.3 Å². The van der Waals surface area contributed by atoms with Gasteiger partial charge in [0.25, 0.3) is 5.91 Å². The van der Waals surface area contributed by atoms with Crippen molar-refractivity contribution in [1.29, 1.82) is 0 Å². The van der Waals surface area contributed by atoms with Crippen LogP contribution in [0.4, 0.5) is 5.69 Å². The van der Waals surface area contributed by atoms with Crippen molar-refractivity contribution in [2.75, 3.05) is 11.9 Å². The summed E-state index contributed by atoms with van der Waals surface area (Å²) >= 11 is 6.01. The van der Waals surface area contributed by atoms with Crippen LogP contribution in [0.3, 0.4) is 0 Å². The normalized spacial score (nSPS) is 10.3. The van der Waals surface area contributed by atoms with Gasteiger partial charge in [0.05, 0.1) is 5.69 Å². The number of benzene rings is 2. The number of H-pyrrole nitrogens is 1. The predicted molar refractivity (Wildman–Crippen MR) is 108 cm³/mol. The third-order valence-electron chi connectivity index (χ3n) is 3.83. The van der Waals surface area contributed by atoms with E-state index in [0.717, 1.165) is 0 Å². The van der Waals surface area contributed by atoms with E-state index in [0.29, 0.717) is 27.8 Å². The van der Waals surface area contributed by atoms with Crippen molar-refractivity contribution in [2.45, 2.75) is 6.92 Å². The Morgan fingerprint density at radius 1 is 1.07 bits per heavy atom. The number of aromatic amines is 1. The number of rotatable bonds is 7. The second-order valence-electron chi connectivity index (χ2n) is 6.04. The maximum atomic E-state index is 12.2. The number of ether oxygens (including phenoxy) is 2. The van der Waals surface area contributed by atoms with Gasteiger partial charge >= 0.3 is 5.97 Å². The zero-order chi connectivity index (χ0) is 20.8. The molecule has 0 bridgehead atoms. The Bertz CT molecular complexity index is 1050. The molecule has 0 aliphatic rings. The first-order valence-electron chi connectivity index (χ1n) is 8.61. The van der Waals surface area contributed by atoms with Gasteiger partial charge in [-0.3, -0.25) is 9.59 Å². The highest BCUT2D eigenvalue weighted by Gasteiger charge is 2.15. The molecule has 1 amide bonds. The number of Topliss-reactive ketones (excluding diaryl/α,β-unsaturated/α-hetero) is 1. The predicted octanol–water partition coefficient (Wildman–Crippen LogP) is 4.46. The van der Waals surface area contributed by atoms with Gasteiger partial charge in [0.2, 0.25) is 0 Å². The minimum absolute atomic E-state index is 0.0823. The lowest BCUT2D eigenvalue weighted by Gasteiger charge is -2.13. The summed E-state index contributed by atoms with van der Waals surface area (Å²) in [4.78, 5) is 38.2. The molecule has 8 heteroatoms. The number of para-hydroxylation sites is 1. The standard InChI is InChI=1S/C21H17ClN2O5/c1-13(25)14-9-18(23-11-14)21(27)28-12-20(26)24-17-10-15(22)7-8-19(17)29-16-5-3-2-4-6-16/h2-11,23H,12H2,1H3,(H,24,26). The summed E-state index contributed by atoms with van der Waals surface area (Å²) in [6.07, 6.45) is 1.40. The molecule has 1 aromatic heterocycles. The summed E-state index contributed by atoms with van der Waals surface area (Å²) in [6.45, 7) is 0.858. The van der Waals surface area contributed by atoms with E-state index in [1.54, 1.807) is 24.3 Å². The lowest BCUT2D eigenvalue weighted by atomic mass is 10.2. The van der Waals surface area contributed by atoms with E-state index < -0.39 is 18.5 Å². The second kappa shape index (κ2) is 9.07. The summed E-state index contributed by atoms with van der Waals surface area (Å²) in [6, 6.07) is 15.2. The van der Waals surface area contributed by atoms with Crippen LogP contribution in [0.1, 0.15) is 27.8 Å². The molecule has 2 aromatic carbocycles. The highest BCUT2D eigenvalue weighted by atomic mass is 35.5. The minimum Gasteiger partial charge on any atom is -0.455 e. The smallest absolute Gasteiger partial charge is 0.355 e. The minimum atomic E-state index is -0.750. The van der Waals surface area contributed by atoms with Gasteiger partial charge in [-0.1, -0.05) is 29.8 Å². The van der Waals surface area contributed by atoms with E-state index in [-0.39, 0.29) is 11.5 Å². The fourth-order valence-corrected chi connectivity index (χ4v) is 2.59. The van der Waals surface area contributed by atoms with Gasteiger partial charge in [-0.15, -0.1) is 0 Å². The number of nitrogens with one attached hydrogen (secondary N) is 2. The van der Waals surface area contributed by atoms with Crippen LogP contribution in [0.2, 0.25) is 5.02 Å². The number of anilines is 1. The Hall–Kier alpha value is -3.58. The number of aromatic nitrogens is 1. The third-order valence-corrected chi connectivity index (χ3v) is 4.07. The number of hydrogen-bond acceptors (Lipinski definition) is 5. The maximum Gasteiger partial charge on any atom is 0.355 e. The second-order valence-corrected chi connectivity index (χ2v) is 6.47. The molecule has 0 saturated heterocycles. The average Bonchev–Trinajstić information content (AvgIpc) is 3.20. The van der Waals surface area contributed by atoms with Crippen LogP contribution in [-0.4, -0.2) is 29.3 Å². The van der Waals surface area contributed by atoms with Crippen molar-refractivity contribution in [3.63, 3.8) is 0 Å². The van der Waals surface area contributed by atoms with Crippen LogP contribution in [0, 0.1) is 0 Å². The number of hydrogen-bond donors (Lipinski definition) is 2. The van der Waals surface area contributed by atoms with Crippen molar-refractivity contribution in [1.82, 2.24) is 4.98 Å². The number of ketones is 1. The van der Waals surface area contributed by atoms with Crippen LogP contribution < -0.4 is 10.1 Å². The molecule has 0 aliphatic heterocycles. The third kappa shape index (κ3) is 5.46. The molecule has 3 rings (SSSR count). The molecule has 3 aromatic rings. The molecule has 7 nitrogen and oxygen atoms in total. The highest BCUT2D eigenvalue weighted by Crippen LogP contribution is 2.32. The molecule has 1 heterocycles. The molecule has 0 radical (unpaired) electrons. The monoisotopic (exact) mass is 412 g/mol. The lowest BCUT2D eigenvalue weighted by Crippen LogP contribution is -2.21. The Labute approximate surface area is 171 Å². The van der Waals surface area contributed by atoms with Gasteiger partial charge in [-0.2, -0.15) is 0 Å². The van der Waals surface area contributed by atoms with Crippen molar-refractivity contribution in [3.05, 3.63) is 77.1 Å². The fraction of sp³-hybridized carbons (Fsp3) is 0.0952. The Balaban J connectivity index is 1.63. The lowest BCUT2D eigenvalue weighted by molar-refractivity contribution is -0.119. The van der Waals surface area contributed by atoms with E-state index in [1.807, 2.05) is 18.2 Å². The van der Waals surface area contributed by atoms with Crippen molar-refractivity contribution in [2.24, 2.45) is 0 Å². The number of carbonyl (C=O) groups is 3. The molecule has 148 valence electrons. The van der Waals surface area contributed by atoms with Crippen LogP contribution in [0.15, 0.2) is 60.8 Å². The molecule has 0 aliphatic carbocycles. The van der Waals surface area contributed by atoms with Gasteiger partial charge in [0.15, 0.2) is 18.1 Å². The summed E-state index contributed by atoms with van der Waals surface area (Å²) in [5.41, 5.74) is 0.767. The van der Waals surface area contributed by atoms with E-state index in [9.17, 15) is 14.4 Å². The maximum absolute atomic E-state index is 12.2. The molecule has 0 unspecified atom stereocenters. The Kier molecular flexibility index (Phi) is 6.31. The molecule has 29 heavy (non-hydrogen) atoms. The first-order chi connectivity index (χ1) is 13.9. The van der Waals surface area contributed by atoms with Gasteiger partial charge in [-0.25, -0.2) is 4.79 Å². The van der Waals surface area contributed by atoms with Crippen LogP contribution in [-0.2, 0) is 9.53 Å². The van der Waals surface area contributed by atoms with E-state index in [2.05, 4.69) is 10.3 Å². The zero-order valence-electron chi connectivity index (χ0n) is 15.4. The summed E-state index contributed by atoms with van der Waals surface area (Å²) in [5.74, 6) is -0.540. The van der Waals surface area contributed by atoms with E-state index in [4.69, 9.17) is 21.1 Å². The fourth-order valence-electron chi connectivity index (χ4n) is 2.41. The van der Waals surface area contributed by atoms with Crippen LogP contribution in [0.5, 0.6) is 11.5 Å². The van der Waals surface area contributed by atoms with Crippen molar-refractivity contribution < 1.29 is 23.9 Å². The van der Waals surface area contributed by atoms with Crippen LogP contribution in [0.25, 0.3) is 0 Å². The van der Waals surface area contributed by atoms with Crippen molar-refractivity contribution >= 4 is 34.9 Å². The molecule has 0 atom stereocenters.